The van der Waals surface area contributed by atoms with Crippen molar-refractivity contribution in [3.05, 3.63) is 126 Å². The predicted octanol–water partition coefficient (Wildman–Crippen LogP) is 6.21. The summed E-state index contributed by atoms with van der Waals surface area (Å²) in [4.78, 5) is 6.96. The molecular weight excluding hydrogens is 464 g/mol. The van der Waals surface area contributed by atoms with Gasteiger partial charge in [-0.3, -0.25) is 4.98 Å². The van der Waals surface area contributed by atoms with Crippen molar-refractivity contribution in [3.8, 4) is 11.4 Å². The Morgan fingerprint density at radius 2 is 1.69 bits per heavy atom. The summed E-state index contributed by atoms with van der Waals surface area (Å²) < 4.78 is 7.61. The van der Waals surface area contributed by atoms with Gasteiger partial charge in [-0.15, -0.1) is 0 Å². The molecule has 0 saturated carbocycles. The minimum atomic E-state index is -0.0777. The van der Waals surface area contributed by atoms with Gasteiger partial charge in [0.15, 0.2) is 5.11 Å². The van der Waals surface area contributed by atoms with Gasteiger partial charge in [0.1, 0.15) is 5.75 Å². The van der Waals surface area contributed by atoms with Crippen LogP contribution in [0.3, 0.4) is 0 Å². The highest BCUT2D eigenvalue weighted by molar-refractivity contribution is 7.80. The average Bonchev–Trinajstić information content (AvgIpc) is 3.54. The van der Waals surface area contributed by atoms with E-state index in [9.17, 15) is 0 Å². The van der Waals surface area contributed by atoms with Crippen LogP contribution in [0.1, 0.15) is 29.0 Å². The van der Waals surface area contributed by atoms with Gasteiger partial charge < -0.3 is 19.5 Å². The van der Waals surface area contributed by atoms with Crippen LogP contribution in [-0.2, 0) is 6.54 Å². The Kier molecular flexibility index (Phi) is 5.87. The first-order valence-electron chi connectivity index (χ1n) is 12.0. The summed E-state index contributed by atoms with van der Waals surface area (Å²) in [6.07, 6.45) is 3.97. The van der Waals surface area contributed by atoms with Crippen molar-refractivity contribution in [1.82, 2.24) is 19.8 Å². The van der Waals surface area contributed by atoms with Crippen molar-refractivity contribution in [2.75, 3.05) is 7.11 Å². The van der Waals surface area contributed by atoms with Gasteiger partial charge in [0.25, 0.3) is 0 Å². The zero-order chi connectivity index (χ0) is 24.5. The molecule has 0 spiro atoms. The Hall–Kier alpha value is -4.16. The molecule has 1 saturated heterocycles. The molecule has 1 aliphatic heterocycles. The van der Waals surface area contributed by atoms with Crippen LogP contribution in [0.15, 0.2) is 109 Å². The van der Waals surface area contributed by atoms with Crippen LogP contribution in [0.2, 0.25) is 0 Å². The predicted molar refractivity (Wildman–Crippen MR) is 147 cm³/mol. The van der Waals surface area contributed by atoms with Crippen molar-refractivity contribution < 1.29 is 4.74 Å². The van der Waals surface area contributed by atoms with E-state index < -0.39 is 0 Å². The third-order valence-corrected chi connectivity index (χ3v) is 7.16. The summed E-state index contributed by atoms with van der Waals surface area (Å²) in [6, 6.07) is 33.4. The molecule has 6 rings (SSSR count). The highest BCUT2D eigenvalue weighted by Gasteiger charge is 2.41. The molecule has 36 heavy (non-hydrogen) atoms. The fraction of sp³-hybridized carbons (Fsp3) is 0.133. The van der Waals surface area contributed by atoms with Gasteiger partial charge in [0, 0.05) is 30.3 Å². The van der Waals surface area contributed by atoms with E-state index in [2.05, 4.69) is 98.8 Å². The lowest BCUT2D eigenvalue weighted by atomic mass is 10.0. The van der Waals surface area contributed by atoms with E-state index in [4.69, 9.17) is 17.0 Å². The van der Waals surface area contributed by atoms with Gasteiger partial charge in [-0.25, -0.2) is 0 Å². The Labute approximate surface area is 216 Å². The molecule has 2 aromatic heterocycles. The fourth-order valence-electron chi connectivity index (χ4n) is 5.02. The lowest BCUT2D eigenvalue weighted by molar-refractivity contribution is 0.302. The van der Waals surface area contributed by atoms with Gasteiger partial charge in [0.2, 0.25) is 0 Å². The Morgan fingerprint density at radius 3 is 2.47 bits per heavy atom. The summed E-state index contributed by atoms with van der Waals surface area (Å²) in [6.45, 7) is 0.673. The second-order valence-corrected chi connectivity index (χ2v) is 9.32. The molecule has 178 valence electrons. The highest BCUT2D eigenvalue weighted by Crippen LogP contribution is 2.40. The normalized spacial score (nSPS) is 17.4. The third-order valence-electron chi connectivity index (χ3n) is 6.80. The Morgan fingerprint density at radius 1 is 0.889 bits per heavy atom. The van der Waals surface area contributed by atoms with Crippen LogP contribution in [0.4, 0.5) is 0 Å². The molecular formula is C30H26N4OS. The molecule has 1 fully saturated rings. The van der Waals surface area contributed by atoms with Crippen LogP contribution in [0.25, 0.3) is 16.5 Å². The smallest absolute Gasteiger partial charge is 0.170 e. The van der Waals surface area contributed by atoms with E-state index in [1.165, 1.54) is 10.8 Å². The number of hydrogen-bond acceptors (Lipinski definition) is 3. The summed E-state index contributed by atoms with van der Waals surface area (Å²) in [5.74, 6) is 0.842. The number of nitrogens with one attached hydrogen (secondary N) is 1. The third kappa shape index (κ3) is 4.10. The summed E-state index contributed by atoms with van der Waals surface area (Å²) in [5, 5.41) is 6.73. The maximum atomic E-state index is 5.89. The monoisotopic (exact) mass is 490 g/mol. The number of hydrogen-bond donors (Lipinski definition) is 1. The van der Waals surface area contributed by atoms with Crippen molar-refractivity contribution >= 4 is 28.1 Å². The highest BCUT2D eigenvalue weighted by atomic mass is 32.1. The van der Waals surface area contributed by atoms with Crippen molar-refractivity contribution in [2.24, 2.45) is 0 Å². The first kappa shape index (κ1) is 22.3. The van der Waals surface area contributed by atoms with Crippen LogP contribution < -0.4 is 10.1 Å². The minimum absolute atomic E-state index is 0.0454. The number of fused-ring (bicyclic) bond motifs is 1. The zero-order valence-electron chi connectivity index (χ0n) is 19.9. The largest absolute Gasteiger partial charge is 0.497 e. The fourth-order valence-corrected chi connectivity index (χ4v) is 5.33. The maximum Gasteiger partial charge on any atom is 0.170 e. The molecule has 0 unspecified atom stereocenters. The molecule has 3 heterocycles. The number of aromatic nitrogens is 2. The molecule has 0 aliphatic carbocycles. The van der Waals surface area contributed by atoms with Gasteiger partial charge in [-0.2, -0.15) is 0 Å². The van der Waals surface area contributed by atoms with E-state index in [0.29, 0.717) is 6.54 Å². The topological polar surface area (TPSA) is 42.3 Å². The van der Waals surface area contributed by atoms with E-state index in [-0.39, 0.29) is 12.1 Å². The molecule has 5 nitrogen and oxygen atoms in total. The number of thiocarbonyl (C=S) groups is 1. The van der Waals surface area contributed by atoms with Gasteiger partial charge in [0.05, 0.1) is 24.9 Å². The number of rotatable bonds is 6. The second-order valence-electron chi connectivity index (χ2n) is 8.94. The van der Waals surface area contributed by atoms with E-state index in [0.717, 1.165) is 33.5 Å². The molecule has 0 amide bonds. The molecule has 0 bridgehead atoms. The Bertz CT molecular complexity index is 1510. The maximum absolute atomic E-state index is 5.89. The molecule has 6 heteroatoms. The van der Waals surface area contributed by atoms with Crippen LogP contribution >= 0.6 is 12.2 Å². The second kappa shape index (κ2) is 9.47. The van der Waals surface area contributed by atoms with Crippen LogP contribution in [0.5, 0.6) is 5.75 Å². The molecule has 0 radical (unpaired) electrons. The summed E-state index contributed by atoms with van der Waals surface area (Å²) in [5.41, 5.74) is 4.40. The van der Waals surface area contributed by atoms with Crippen LogP contribution in [-0.4, -0.2) is 26.7 Å². The van der Waals surface area contributed by atoms with Gasteiger partial charge in [-0.05, 0) is 77.1 Å². The first-order valence-corrected chi connectivity index (χ1v) is 12.4. The molecule has 2 atom stereocenters. The molecule has 3 aromatic carbocycles. The van der Waals surface area contributed by atoms with E-state index >= 15 is 0 Å². The van der Waals surface area contributed by atoms with Gasteiger partial charge in [-0.1, -0.05) is 48.5 Å². The number of benzene rings is 3. The molecule has 1 aliphatic rings. The zero-order valence-corrected chi connectivity index (χ0v) is 20.7. The quantitative estimate of drug-likeness (QED) is 0.287. The van der Waals surface area contributed by atoms with Crippen LogP contribution in [0, 0.1) is 0 Å². The van der Waals surface area contributed by atoms with E-state index in [1.807, 2.05) is 30.5 Å². The minimum Gasteiger partial charge on any atom is -0.497 e. The standard InChI is InChI=1S/C30H26N4OS/c1-35-25-15-11-21(12-16-25)20-34-29(28(32-30(34)36)26-9-4-5-17-31-26)27-10-6-18-33(27)24-14-13-22-7-2-3-8-23(22)19-24/h2-19,28-29H,20H2,1H3,(H,32,36)/t28-,29+/m0/s1. The Balaban J connectivity index is 1.43. The van der Waals surface area contributed by atoms with Gasteiger partial charge >= 0.3 is 0 Å². The lowest BCUT2D eigenvalue weighted by Crippen LogP contribution is -2.30. The van der Waals surface area contributed by atoms with Crippen molar-refractivity contribution in [1.29, 1.82) is 0 Å². The average molecular weight is 491 g/mol. The number of ether oxygens (including phenoxy) is 1. The number of methoxy groups -OCH3 is 1. The first-order chi connectivity index (χ1) is 17.7. The summed E-state index contributed by atoms with van der Waals surface area (Å²) >= 11 is 5.89. The lowest BCUT2D eigenvalue weighted by Gasteiger charge is -2.29. The molecule has 1 N–H and O–H groups in total. The number of nitrogens with zero attached hydrogens (tertiary/aromatic N) is 3. The SMILES string of the molecule is COc1ccc(CN2C(=S)N[C@@H](c3ccccn3)[C@H]2c2cccn2-c2ccc3ccccc3c2)cc1. The molecule has 5 aromatic rings. The van der Waals surface area contributed by atoms with Crippen molar-refractivity contribution in [2.45, 2.75) is 18.6 Å². The number of pyridine rings is 1. The van der Waals surface area contributed by atoms with Crippen molar-refractivity contribution in [3.63, 3.8) is 0 Å². The van der Waals surface area contributed by atoms with E-state index in [1.54, 1.807) is 7.11 Å². The summed E-state index contributed by atoms with van der Waals surface area (Å²) in [7, 11) is 1.68.